The van der Waals surface area contributed by atoms with Gasteiger partial charge in [0.1, 0.15) is 0 Å². The number of aromatic nitrogens is 2. The van der Waals surface area contributed by atoms with Gasteiger partial charge in [0.05, 0.1) is 6.54 Å². The van der Waals surface area contributed by atoms with Gasteiger partial charge in [-0.15, -0.1) is 0 Å². The van der Waals surface area contributed by atoms with Crippen molar-refractivity contribution in [1.82, 2.24) is 9.78 Å². The van der Waals surface area contributed by atoms with Crippen molar-refractivity contribution in [1.29, 1.82) is 0 Å². The van der Waals surface area contributed by atoms with E-state index >= 15 is 0 Å². The second-order valence-electron chi connectivity index (χ2n) is 10.7. The van der Waals surface area contributed by atoms with Crippen LogP contribution < -0.4 is 0 Å². The fraction of sp³-hybridized carbons (Fsp3) is 0.833. The molecule has 0 amide bonds. The molecule has 5 rings (SSSR count). The molecule has 27 heavy (non-hydrogen) atoms. The van der Waals surface area contributed by atoms with Crippen LogP contribution in [-0.4, -0.2) is 15.6 Å². The van der Waals surface area contributed by atoms with Crippen LogP contribution in [0.15, 0.2) is 18.5 Å². The van der Waals surface area contributed by atoms with Crippen LogP contribution >= 0.6 is 0 Å². The van der Waals surface area contributed by atoms with Crippen LogP contribution in [-0.2, 0) is 11.3 Å². The molecule has 1 aromatic rings. The lowest BCUT2D eigenvalue weighted by atomic mass is 9.45. The molecule has 4 fully saturated rings. The number of carbonyl (C=O) groups excluding carboxylic acids is 1. The van der Waals surface area contributed by atoms with Crippen molar-refractivity contribution in [2.24, 2.45) is 40.4 Å². The SMILES string of the molecule is C[C@]12CCCC[C@H]1CC[C@@H]1[C@@H]2CC[C@]2(C)[C@@H](C(=O)Cn3cccn3)CC[C@@H]12. The summed E-state index contributed by atoms with van der Waals surface area (Å²) in [6.45, 7) is 5.58. The maximum absolute atomic E-state index is 13.2. The number of fused-ring (bicyclic) bond motifs is 5. The van der Waals surface area contributed by atoms with Crippen LogP contribution in [0.2, 0.25) is 0 Å². The van der Waals surface area contributed by atoms with E-state index in [4.69, 9.17) is 0 Å². The predicted octanol–water partition coefficient (Wildman–Crippen LogP) is 5.50. The summed E-state index contributed by atoms with van der Waals surface area (Å²) in [6, 6.07) is 1.92. The second-order valence-corrected chi connectivity index (χ2v) is 10.7. The summed E-state index contributed by atoms with van der Waals surface area (Å²) in [5.74, 6) is 4.25. The van der Waals surface area contributed by atoms with Gasteiger partial charge in [-0.3, -0.25) is 9.48 Å². The van der Waals surface area contributed by atoms with Gasteiger partial charge in [-0.2, -0.15) is 5.10 Å². The van der Waals surface area contributed by atoms with E-state index in [2.05, 4.69) is 18.9 Å². The molecule has 0 saturated heterocycles. The predicted molar refractivity (Wildman–Crippen MR) is 107 cm³/mol. The standard InChI is InChI=1S/C24H36N2O/c1-23-12-4-3-6-17(23)7-8-18-19-9-10-21(24(19,2)13-11-20(18)23)22(27)16-26-15-5-14-25-26/h5,14-15,17-21H,3-4,6-13,16H2,1-2H3/t17-,18-,19-,20-,21+,23-,24-/m0/s1. The average Bonchev–Trinajstić information content (AvgIpc) is 3.28. The van der Waals surface area contributed by atoms with E-state index in [1.165, 1.54) is 57.8 Å². The molecule has 0 bridgehead atoms. The molecule has 0 aromatic carbocycles. The molecule has 0 radical (unpaired) electrons. The molecule has 1 aromatic heterocycles. The van der Waals surface area contributed by atoms with E-state index < -0.39 is 0 Å². The van der Waals surface area contributed by atoms with Gasteiger partial charge in [-0.1, -0.05) is 26.7 Å². The molecule has 0 aliphatic heterocycles. The first-order chi connectivity index (χ1) is 13.0. The molecule has 4 aliphatic carbocycles. The summed E-state index contributed by atoms with van der Waals surface area (Å²) in [5.41, 5.74) is 0.836. The lowest BCUT2D eigenvalue weighted by Crippen LogP contribution is -2.53. The zero-order chi connectivity index (χ0) is 18.6. The van der Waals surface area contributed by atoms with Gasteiger partial charge in [0.15, 0.2) is 5.78 Å². The minimum absolute atomic E-state index is 0.239. The van der Waals surface area contributed by atoms with Crippen molar-refractivity contribution in [3.05, 3.63) is 18.5 Å². The number of hydrogen-bond acceptors (Lipinski definition) is 2. The Labute approximate surface area is 164 Å². The first kappa shape index (κ1) is 17.9. The Balaban J connectivity index is 1.37. The lowest BCUT2D eigenvalue weighted by molar-refractivity contribution is -0.135. The highest BCUT2D eigenvalue weighted by atomic mass is 16.1. The minimum Gasteiger partial charge on any atom is -0.297 e. The van der Waals surface area contributed by atoms with Gasteiger partial charge < -0.3 is 0 Å². The Kier molecular flexibility index (Phi) is 4.29. The van der Waals surface area contributed by atoms with E-state index in [9.17, 15) is 4.79 Å². The van der Waals surface area contributed by atoms with Crippen LogP contribution in [0, 0.1) is 40.4 Å². The topological polar surface area (TPSA) is 34.9 Å². The summed E-state index contributed by atoms with van der Waals surface area (Å²) < 4.78 is 1.82. The maximum Gasteiger partial charge on any atom is 0.157 e. The third-order valence-electron chi connectivity index (χ3n) is 9.85. The molecule has 0 unspecified atom stereocenters. The zero-order valence-corrected chi connectivity index (χ0v) is 17.2. The fourth-order valence-electron chi connectivity index (χ4n) is 8.49. The van der Waals surface area contributed by atoms with Crippen molar-refractivity contribution in [2.45, 2.75) is 84.6 Å². The first-order valence-corrected chi connectivity index (χ1v) is 11.5. The first-order valence-electron chi connectivity index (χ1n) is 11.5. The highest BCUT2D eigenvalue weighted by Crippen LogP contribution is 2.67. The molecule has 148 valence electrons. The van der Waals surface area contributed by atoms with Crippen LogP contribution in [0.5, 0.6) is 0 Å². The van der Waals surface area contributed by atoms with Crippen molar-refractivity contribution >= 4 is 5.78 Å². The van der Waals surface area contributed by atoms with Gasteiger partial charge in [0.25, 0.3) is 0 Å². The summed E-state index contributed by atoms with van der Waals surface area (Å²) in [5, 5.41) is 4.27. The monoisotopic (exact) mass is 368 g/mol. The normalized spacial score (nSPS) is 46.4. The zero-order valence-electron chi connectivity index (χ0n) is 17.2. The van der Waals surface area contributed by atoms with Crippen LogP contribution in [0.4, 0.5) is 0 Å². The molecule has 0 spiro atoms. The average molecular weight is 369 g/mol. The lowest BCUT2D eigenvalue weighted by Gasteiger charge is -2.60. The summed E-state index contributed by atoms with van der Waals surface area (Å²) in [4.78, 5) is 13.2. The quantitative estimate of drug-likeness (QED) is 0.706. The van der Waals surface area contributed by atoms with Gasteiger partial charge in [0.2, 0.25) is 0 Å². The van der Waals surface area contributed by atoms with Crippen molar-refractivity contribution < 1.29 is 4.79 Å². The van der Waals surface area contributed by atoms with E-state index in [0.717, 1.165) is 30.1 Å². The summed E-state index contributed by atoms with van der Waals surface area (Å²) >= 11 is 0. The van der Waals surface area contributed by atoms with Crippen molar-refractivity contribution in [3.8, 4) is 0 Å². The van der Waals surface area contributed by atoms with E-state index in [-0.39, 0.29) is 11.3 Å². The number of hydrogen-bond donors (Lipinski definition) is 0. The molecule has 3 nitrogen and oxygen atoms in total. The smallest absolute Gasteiger partial charge is 0.157 e. The molecular formula is C24H36N2O. The Bertz CT molecular complexity index is 697. The number of carbonyl (C=O) groups is 1. The van der Waals surface area contributed by atoms with Gasteiger partial charge >= 0.3 is 0 Å². The van der Waals surface area contributed by atoms with E-state index in [0.29, 0.717) is 17.7 Å². The molecule has 4 saturated carbocycles. The van der Waals surface area contributed by atoms with Crippen molar-refractivity contribution in [3.63, 3.8) is 0 Å². The number of rotatable bonds is 3. The summed E-state index contributed by atoms with van der Waals surface area (Å²) in [6.07, 6.45) is 17.5. The Morgan fingerprint density at radius 3 is 2.67 bits per heavy atom. The van der Waals surface area contributed by atoms with Crippen LogP contribution in [0.1, 0.15) is 78.1 Å². The molecule has 3 heteroatoms. The number of nitrogens with zero attached hydrogens (tertiary/aromatic N) is 2. The maximum atomic E-state index is 13.2. The Morgan fingerprint density at radius 1 is 1.00 bits per heavy atom. The fourth-order valence-corrected chi connectivity index (χ4v) is 8.49. The molecular weight excluding hydrogens is 332 g/mol. The third-order valence-corrected chi connectivity index (χ3v) is 9.85. The largest absolute Gasteiger partial charge is 0.297 e. The molecule has 7 atom stereocenters. The molecule has 4 aliphatic rings. The third kappa shape index (κ3) is 2.67. The Morgan fingerprint density at radius 2 is 1.85 bits per heavy atom. The number of Topliss-reactive ketones (excluding diaryl/α,β-unsaturated/α-hetero) is 1. The van der Waals surface area contributed by atoms with Crippen LogP contribution in [0.3, 0.4) is 0 Å². The van der Waals surface area contributed by atoms with E-state index in [1.807, 2.05) is 16.9 Å². The molecule has 0 N–H and O–H groups in total. The van der Waals surface area contributed by atoms with E-state index in [1.54, 1.807) is 6.20 Å². The molecule has 1 heterocycles. The van der Waals surface area contributed by atoms with Crippen LogP contribution in [0.25, 0.3) is 0 Å². The highest BCUT2D eigenvalue weighted by Gasteiger charge is 2.60. The van der Waals surface area contributed by atoms with Gasteiger partial charge in [0, 0.05) is 18.3 Å². The second kappa shape index (κ2) is 6.46. The minimum atomic E-state index is 0.239. The number of ketones is 1. The van der Waals surface area contributed by atoms with Crippen molar-refractivity contribution in [2.75, 3.05) is 0 Å². The van der Waals surface area contributed by atoms with Gasteiger partial charge in [-0.05, 0) is 91.9 Å². The van der Waals surface area contributed by atoms with Gasteiger partial charge in [-0.25, -0.2) is 0 Å². The Hall–Kier alpha value is -1.12. The highest BCUT2D eigenvalue weighted by molar-refractivity contribution is 5.82. The summed E-state index contributed by atoms with van der Waals surface area (Å²) in [7, 11) is 0.